The summed E-state index contributed by atoms with van der Waals surface area (Å²) in [6.45, 7) is 10.1. The highest BCUT2D eigenvalue weighted by Crippen LogP contribution is 2.27. The van der Waals surface area contributed by atoms with Crippen molar-refractivity contribution in [3.8, 4) is 5.95 Å². The highest BCUT2D eigenvalue weighted by molar-refractivity contribution is 7.88. The molecule has 0 aliphatic carbocycles. The first kappa shape index (κ1) is 23.1. The third-order valence-corrected chi connectivity index (χ3v) is 6.91. The maximum atomic E-state index is 12.9. The number of sulfonamides is 1. The van der Waals surface area contributed by atoms with Gasteiger partial charge in [-0.2, -0.15) is 9.78 Å². The predicted molar refractivity (Wildman–Crippen MR) is 118 cm³/mol. The molecule has 11 heteroatoms. The summed E-state index contributed by atoms with van der Waals surface area (Å²) in [6.07, 6.45) is 2.06. The molecule has 3 rings (SSSR count). The molecule has 1 aliphatic heterocycles. The van der Waals surface area contributed by atoms with Gasteiger partial charge in [0, 0.05) is 41.7 Å². The topological polar surface area (TPSA) is 130 Å². The fourth-order valence-corrected chi connectivity index (χ4v) is 4.28. The molecular weight excluding hydrogens is 420 g/mol. The third-order valence-electron chi connectivity index (χ3n) is 5.61. The molecule has 0 spiro atoms. The number of nitrogens with zero attached hydrogens (tertiary/aromatic N) is 4. The van der Waals surface area contributed by atoms with E-state index < -0.39 is 10.0 Å². The average molecular weight is 451 g/mol. The molecule has 0 bridgehead atoms. The van der Waals surface area contributed by atoms with E-state index in [9.17, 15) is 18.0 Å². The number of piperidine rings is 1. The van der Waals surface area contributed by atoms with Crippen molar-refractivity contribution in [2.24, 2.45) is 5.92 Å². The first-order chi connectivity index (χ1) is 14.3. The number of amides is 1. The summed E-state index contributed by atoms with van der Waals surface area (Å²) < 4.78 is 26.3. The lowest BCUT2D eigenvalue weighted by atomic mass is 9.92. The van der Waals surface area contributed by atoms with Gasteiger partial charge in [-0.3, -0.25) is 14.6 Å². The molecule has 3 heterocycles. The Labute approximate surface area is 182 Å². The van der Waals surface area contributed by atoms with Crippen molar-refractivity contribution >= 4 is 21.7 Å². The molecule has 1 aliphatic rings. The lowest BCUT2D eigenvalue weighted by molar-refractivity contribution is -0.120. The van der Waals surface area contributed by atoms with Crippen molar-refractivity contribution in [3.05, 3.63) is 33.4 Å². The van der Waals surface area contributed by atoms with Crippen molar-refractivity contribution in [1.29, 1.82) is 0 Å². The summed E-state index contributed by atoms with van der Waals surface area (Å²) in [5.74, 6) is 0.116. The van der Waals surface area contributed by atoms with Crippen molar-refractivity contribution < 1.29 is 13.2 Å². The van der Waals surface area contributed by atoms with Crippen molar-refractivity contribution in [3.63, 3.8) is 0 Å². The van der Waals surface area contributed by atoms with Crippen LogP contribution in [-0.4, -0.2) is 57.7 Å². The number of aromatic nitrogens is 4. The number of carbonyl (C=O) groups excluding carboxylic acids is 1. The molecule has 1 fully saturated rings. The highest BCUT2D eigenvalue weighted by atomic mass is 32.2. The van der Waals surface area contributed by atoms with E-state index >= 15 is 0 Å². The van der Waals surface area contributed by atoms with Crippen LogP contribution >= 0.6 is 0 Å². The van der Waals surface area contributed by atoms with Gasteiger partial charge in [0.1, 0.15) is 5.82 Å². The Balaban J connectivity index is 1.90. The molecule has 170 valence electrons. The Hall–Kier alpha value is -2.53. The monoisotopic (exact) mass is 450 g/mol. The molecule has 1 saturated heterocycles. The lowest BCUT2D eigenvalue weighted by Gasteiger charge is -2.29. The summed E-state index contributed by atoms with van der Waals surface area (Å²) in [4.78, 5) is 32.4. The average Bonchev–Trinajstić information content (AvgIpc) is 3.09. The first-order valence-corrected chi connectivity index (χ1v) is 12.1. The number of rotatable bonds is 4. The van der Waals surface area contributed by atoms with Gasteiger partial charge in [-0.25, -0.2) is 17.7 Å². The third kappa shape index (κ3) is 5.04. The predicted octanol–water partition coefficient (Wildman–Crippen LogP) is 1.48. The molecule has 31 heavy (non-hydrogen) atoms. The van der Waals surface area contributed by atoms with Crippen LogP contribution in [0.1, 0.15) is 50.6 Å². The Bertz CT molecular complexity index is 1150. The minimum atomic E-state index is -3.26. The van der Waals surface area contributed by atoms with E-state index in [1.165, 1.54) is 15.2 Å². The Morgan fingerprint density at radius 2 is 1.84 bits per heavy atom. The number of hydrogen-bond donors (Lipinski definition) is 2. The van der Waals surface area contributed by atoms with E-state index in [1.807, 2.05) is 20.8 Å². The molecular formula is C20H30N6O4S. The van der Waals surface area contributed by atoms with Crippen molar-refractivity contribution in [2.45, 2.75) is 52.9 Å². The van der Waals surface area contributed by atoms with E-state index in [1.54, 1.807) is 19.9 Å². The fraction of sp³-hybridized carbons (Fsp3) is 0.600. The van der Waals surface area contributed by atoms with Gasteiger partial charge >= 0.3 is 0 Å². The minimum Gasteiger partial charge on any atom is -0.310 e. The molecule has 0 atom stereocenters. The van der Waals surface area contributed by atoms with Gasteiger partial charge in [0.2, 0.25) is 21.9 Å². The normalized spacial score (nSPS) is 16.5. The number of anilines is 1. The molecule has 2 N–H and O–H groups in total. The van der Waals surface area contributed by atoms with Crippen LogP contribution in [0.3, 0.4) is 0 Å². The summed E-state index contributed by atoms with van der Waals surface area (Å²) in [5, 5.41) is 7.50. The Kier molecular flexibility index (Phi) is 6.12. The minimum absolute atomic E-state index is 0.207. The van der Waals surface area contributed by atoms with Crippen LogP contribution in [-0.2, 0) is 20.2 Å². The molecule has 2 aromatic rings. The van der Waals surface area contributed by atoms with Crippen LogP contribution in [0.5, 0.6) is 0 Å². The molecule has 10 nitrogen and oxygen atoms in total. The molecule has 0 unspecified atom stereocenters. The number of aryl methyl sites for hydroxylation is 1. The largest absolute Gasteiger partial charge is 0.310 e. The van der Waals surface area contributed by atoms with Crippen LogP contribution in [0.2, 0.25) is 0 Å². The summed E-state index contributed by atoms with van der Waals surface area (Å²) in [5.41, 5.74) is 1.29. The van der Waals surface area contributed by atoms with Crippen molar-refractivity contribution in [1.82, 2.24) is 24.1 Å². The SMILES string of the molecule is Cc1nc(-n2nc(C(C)(C)C)cc2NC(=O)C2CCN(S(C)(=O)=O)CC2)[nH]c(=O)c1C. The number of hydrogen-bond acceptors (Lipinski definition) is 6. The Morgan fingerprint density at radius 3 is 2.35 bits per heavy atom. The molecule has 0 radical (unpaired) electrons. The first-order valence-electron chi connectivity index (χ1n) is 10.2. The van der Waals surface area contributed by atoms with Gasteiger partial charge in [0.15, 0.2) is 0 Å². The standard InChI is InChI=1S/C20H30N6O4S/c1-12-13(2)21-19(23-17(12)27)26-16(11-15(24-26)20(3,4)5)22-18(28)14-7-9-25(10-8-14)31(6,29)30/h11,14H,7-10H2,1-6H3,(H,22,28)(H,21,23,27). The zero-order valence-corrected chi connectivity index (χ0v) is 19.6. The lowest BCUT2D eigenvalue weighted by Crippen LogP contribution is -2.41. The second-order valence-electron chi connectivity index (χ2n) is 9.10. The van der Waals surface area contributed by atoms with Crippen LogP contribution in [0.25, 0.3) is 5.95 Å². The highest BCUT2D eigenvalue weighted by Gasteiger charge is 2.30. The smallest absolute Gasteiger partial charge is 0.255 e. The van der Waals surface area contributed by atoms with E-state index in [0.717, 1.165) is 5.69 Å². The van der Waals surface area contributed by atoms with E-state index in [-0.39, 0.29) is 28.7 Å². The summed E-state index contributed by atoms with van der Waals surface area (Å²) in [7, 11) is -3.26. The van der Waals surface area contributed by atoms with Gasteiger partial charge in [-0.1, -0.05) is 20.8 Å². The van der Waals surface area contributed by atoms with E-state index in [0.29, 0.717) is 43.0 Å². The number of nitrogens with one attached hydrogen (secondary N) is 2. The number of H-pyrrole nitrogens is 1. The maximum Gasteiger partial charge on any atom is 0.255 e. The fourth-order valence-electron chi connectivity index (χ4n) is 3.41. The van der Waals surface area contributed by atoms with Gasteiger partial charge in [-0.05, 0) is 26.7 Å². The zero-order valence-electron chi connectivity index (χ0n) is 18.8. The van der Waals surface area contributed by atoms with E-state index in [2.05, 4.69) is 20.4 Å². The number of aromatic amines is 1. The van der Waals surface area contributed by atoms with Gasteiger partial charge < -0.3 is 5.32 Å². The summed E-state index contributed by atoms with van der Waals surface area (Å²) >= 11 is 0. The second kappa shape index (κ2) is 8.19. The quantitative estimate of drug-likeness (QED) is 0.726. The van der Waals surface area contributed by atoms with Crippen LogP contribution < -0.4 is 10.9 Å². The maximum absolute atomic E-state index is 12.9. The zero-order chi connectivity index (χ0) is 23.1. The van der Waals surface area contributed by atoms with Crippen molar-refractivity contribution in [2.75, 3.05) is 24.7 Å². The molecule has 2 aromatic heterocycles. The van der Waals surface area contributed by atoms with E-state index in [4.69, 9.17) is 0 Å². The van der Waals surface area contributed by atoms with Crippen LogP contribution in [0.4, 0.5) is 5.82 Å². The molecule has 1 amide bonds. The second-order valence-corrected chi connectivity index (χ2v) is 11.1. The van der Waals surface area contributed by atoms with Gasteiger partial charge in [0.25, 0.3) is 5.56 Å². The van der Waals surface area contributed by atoms with Crippen LogP contribution in [0.15, 0.2) is 10.9 Å². The molecule has 0 aromatic carbocycles. The van der Waals surface area contributed by atoms with Gasteiger partial charge in [0.05, 0.1) is 11.9 Å². The molecule has 0 saturated carbocycles. The van der Waals surface area contributed by atoms with Gasteiger partial charge in [-0.15, -0.1) is 0 Å². The van der Waals surface area contributed by atoms with Crippen LogP contribution in [0, 0.1) is 19.8 Å². The number of carbonyl (C=O) groups is 1. The Morgan fingerprint density at radius 1 is 1.23 bits per heavy atom. The summed E-state index contributed by atoms with van der Waals surface area (Å²) in [6, 6.07) is 1.78.